The highest BCUT2D eigenvalue weighted by molar-refractivity contribution is 8.00. The van der Waals surface area contributed by atoms with Gasteiger partial charge in [-0.3, -0.25) is 4.79 Å². The van der Waals surface area contributed by atoms with Crippen molar-refractivity contribution >= 4 is 23.6 Å². The monoisotopic (exact) mass is 321 g/mol. The van der Waals surface area contributed by atoms with Gasteiger partial charge in [0, 0.05) is 14.1 Å². The number of aromatic nitrogens is 1. The van der Waals surface area contributed by atoms with Gasteiger partial charge in [-0.25, -0.2) is 9.78 Å². The number of hydrogen-bond acceptors (Lipinski definition) is 6. The van der Waals surface area contributed by atoms with Gasteiger partial charge in [-0.05, 0) is 26.8 Å². The van der Waals surface area contributed by atoms with E-state index in [1.165, 1.54) is 22.7 Å². The van der Waals surface area contributed by atoms with Crippen LogP contribution in [0.15, 0.2) is 11.1 Å². The summed E-state index contributed by atoms with van der Waals surface area (Å²) in [4.78, 5) is 29.5. The van der Waals surface area contributed by atoms with Gasteiger partial charge in [0.15, 0.2) is 0 Å². The van der Waals surface area contributed by atoms with Crippen LogP contribution < -0.4 is 0 Å². The number of thioether (sulfide) groups is 1. The first-order chi connectivity index (χ1) is 10.3. The number of hydrogen-bond donors (Lipinski definition) is 0. The molecular weight excluding hydrogens is 302 g/mol. The molecule has 0 bridgehead atoms. The standard InChI is InChI=1S/C15H19N3O3S/c1-6-21-15(20)12-7-11(8-16)13(17-9(12)2)22-10(3)14(19)18(4)5/h7,10H,6H2,1-5H3/t10-/m0/s1. The summed E-state index contributed by atoms with van der Waals surface area (Å²) in [5.41, 5.74) is 1.01. The summed E-state index contributed by atoms with van der Waals surface area (Å²) in [6.45, 7) is 5.40. The molecule has 0 aromatic carbocycles. The van der Waals surface area contributed by atoms with Crippen molar-refractivity contribution in [2.45, 2.75) is 31.0 Å². The van der Waals surface area contributed by atoms with Crippen molar-refractivity contribution in [1.82, 2.24) is 9.88 Å². The SMILES string of the molecule is CCOC(=O)c1cc(C#N)c(S[C@@H](C)C(=O)N(C)C)nc1C. The fraction of sp³-hybridized carbons (Fsp3) is 0.467. The molecule has 1 rings (SSSR count). The highest BCUT2D eigenvalue weighted by atomic mass is 32.2. The van der Waals surface area contributed by atoms with Crippen LogP contribution in [-0.2, 0) is 9.53 Å². The molecule has 1 amide bonds. The number of nitrogens with zero attached hydrogens (tertiary/aromatic N) is 3. The minimum Gasteiger partial charge on any atom is -0.462 e. The molecule has 0 aliphatic rings. The molecule has 118 valence electrons. The van der Waals surface area contributed by atoms with Gasteiger partial charge in [0.25, 0.3) is 0 Å². The van der Waals surface area contributed by atoms with E-state index in [2.05, 4.69) is 4.98 Å². The van der Waals surface area contributed by atoms with Crippen molar-refractivity contribution in [3.63, 3.8) is 0 Å². The maximum Gasteiger partial charge on any atom is 0.340 e. The molecule has 1 heterocycles. The molecule has 0 radical (unpaired) electrons. The van der Waals surface area contributed by atoms with Crippen LogP contribution in [0.25, 0.3) is 0 Å². The first kappa shape index (κ1) is 18.0. The third kappa shape index (κ3) is 4.21. The number of pyridine rings is 1. The van der Waals surface area contributed by atoms with Gasteiger partial charge in [-0.15, -0.1) is 0 Å². The van der Waals surface area contributed by atoms with Crippen LogP contribution in [0.5, 0.6) is 0 Å². The summed E-state index contributed by atoms with van der Waals surface area (Å²) >= 11 is 1.20. The lowest BCUT2D eigenvalue weighted by Crippen LogP contribution is -2.29. The van der Waals surface area contributed by atoms with Crippen LogP contribution in [0.2, 0.25) is 0 Å². The molecule has 0 aliphatic heterocycles. The summed E-state index contributed by atoms with van der Waals surface area (Å²) in [5.74, 6) is -0.569. The Morgan fingerprint density at radius 3 is 2.64 bits per heavy atom. The summed E-state index contributed by atoms with van der Waals surface area (Å²) < 4.78 is 4.94. The molecule has 0 saturated carbocycles. The van der Waals surface area contributed by atoms with E-state index in [0.29, 0.717) is 10.7 Å². The van der Waals surface area contributed by atoms with Crippen molar-refractivity contribution in [3.05, 3.63) is 22.9 Å². The molecule has 0 saturated heterocycles. The second-order valence-corrected chi connectivity index (χ2v) is 6.13. The van der Waals surface area contributed by atoms with Gasteiger partial charge in [-0.2, -0.15) is 5.26 Å². The van der Waals surface area contributed by atoms with E-state index in [1.807, 2.05) is 6.07 Å². The topological polar surface area (TPSA) is 83.3 Å². The summed E-state index contributed by atoms with van der Waals surface area (Å²) in [6, 6.07) is 3.49. The fourth-order valence-electron chi connectivity index (χ4n) is 1.75. The van der Waals surface area contributed by atoms with Crippen molar-refractivity contribution in [2.75, 3.05) is 20.7 Å². The normalized spacial score (nSPS) is 11.5. The lowest BCUT2D eigenvalue weighted by atomic mass is 10.1. The third-order valence-corrected chi connectivity index (χ3v) is 3.96. The molecule has 7 heteroatoms. The second-order valence-electron chi connectivity index (χ2n) is 4.80. The zero-order chi connectivity index (χ0) is 16.9. The van der Waals surface area contributed by atoms with Crippen LogP contribution in [0.3, 0.4) is 0 Å². The molecular formula is C15H19N3O3S. The number of rotatable bonds is 5. The van der Waals surface area contributed by atoms with E-state index in [4.69, 9.17) is 4.74 Å². The van der Waals surface area contributed by atoms with Gasteiger partial charge in [0.2, 0.25) is 5.91 Å². The second kappa shape index (κ2) is 7.80. The van der Waals surface area contributed by atoms with Gasteiger partial charge in [0.05, 0.1) is 28.7 Å². The predicted octanol–water partition coefficient (Wildman–Crippen LogP) is 2.01. The lowest BCUT2D eigenvalue weighted by molar-refractivity contribution is -0.127. The van der Waals surface area contributed by atoms with E-state index < -0.39 is 5.97 Å². The molecule has 0 unspecified atom stereocenters. The Hall–Kier alpha value is -2.07. The van der Waals surface area contributed by atoms with E-state index in [0.717, 1.165) is 0 Å². The third-order valence-electron chi connectivity index (χ3n) is 2.87. The number of carbonyl (C=O) groups excluding carboxylic acids is 2. The molecule has 0 spiro atoms. The molecule has 0 N–H and O–H groups in total. The zero-order valence-electron chi connectivity index (χ0n) is 13.3. The number of aryl methyl sites for hydroxylation is 1. The van der Waals surface area contributed by atoms with Crippen molar-refractivity contribution in [3.8, 4) is 6.07 Å². The predicted molar refractivity (Wildman–Crippen MR) is 83.7 cm³/mol. The van der Waals surface area contributed by atoms with Gasteiger partial charge < -0.3 is 9.64 Å². The maximum atomic E-state index is 11.9. The molecule has 1 aromatic heterocycles. The summed E-state index contributed by atoms with van der Waals surface area (Å²) in [7, 11) is 3.35. The average molecular weight is 321 g/mol. The molecule has 1 atom stereocenters. The average Bonchev–Trinajstić information content (AvgIpc) is 2.46. The highest BCUT2D eigenvalue weighted by Crippen LogP contribution is 2.27. The smallest absolute Gasteiger partial charge is 0.340 e. The Morgan fingerprint density at radius 1 is 1.50 bits per heavy atom. The molecule has 0 aliphatic carbocycles. The number of nitriles is 1. The Kier molecular flexibility index (Phi) is 6.38. The van der Waals surface area contributed by atoms with Crippen LogP contribution in [-0.4, -0.2) is 47.7 Å². The molecule has 0 fully saturated rings. The molecule has 6 nitrogen and oxygen atoms in total. The number of ether oxygens (including phenoxy) is 1. The minimum absolute atomic E-state index is 0.0668. The van der Waals surface area contributed by atoms with Gasteiger partial charge >= 0.3 is 5.97 Å². The fourth-order valence-corrected chi connectivity index (χ4v) is 2.82. The summed E-state index contributed by atoms with van der Waals surface area (Å²) in [6.07, 6.45) is 0. The molecule has 22 heavy (non-hydrogen) atoms. The minimum atomic E-state index is -0.502. The first-order valence-electron chi connectivity index (χ1n) is 6.78. The maximum absolute atomic E-state index is 11.9. The van der Waals surface area contributed by atoms with E-state index in [9.17, 15) is 14.9 Å². The quantitative estimate of drug-likeness (QED) is 0.609. The van der Waals surface area contributed by atoms with Gasteiger partial charge in [-0.1, -0.05) is 11.8 Å². The van der Waals surface area contributed by atoms with Crippen LogP contribution >= 0.6 is 11.8 Å². The van der Waals surface area contributed by atoms with Crippen molar-refractivity contribution in [2.24, 2.45) is 0 Å². The highest BCUT2D eigenvalue weighted by Gasteiger charge is 2.21. The Labute approximate surface area is 134 Å². The Morgan fingerprint density at radius 2 is 2.14 bits per heavy atom. The van der Waals surface area contributed by atoms with Crippen LogP contribution in [0, 0.1) is 18.3 Å². The lowest BCUT2D eigenvalue weighted by Gasteiger charge is -2.17. The van der Waals surface area contributed by atoms with Crippen LogP contribution in [0.4, 0.5) is 0 Å². The largest absolute Gasteiger partial charge is 0.462 e. The van der Waals surface area contributed by atoms with Crippen LogP contribution in [0.1, 0.15) is 35.5 Å². The Balaban J connectivity index is 3.13. The van der Waals surface area contributed by atoms with Crippen molar-refractivity contribution in [1.29, 1.82) is 5.26 Å². The van der Waals surface area contributed by atoms with Crippen molar-refractivity contribution < 1.29 is 14.3 Å². The van der Waals surface area contributed by atoms with E-state index >= 15 is 0 Å². The van der Waals surface area contributed by atoms with Gasteiger partial charge in [0.1, 0.15) is 11.1 Å². The zero-order valence-corrected chi connectivity index (χ0v) is 14.2. The molecule has 1 aromatic rings. The summed E-state index contributed by atoms with van der Waals surface area (Å²) in [5, 5.41) is 9.32. The number of esters is 1. The Bertz CT molecular complexity index is 623. The number of amides is 1. The first-order valence-corrected chi connectivity index (χ1v) is 7.66. The van der Waals surface area contributed by atoms with E-state index in [-0.39, 0.29) is 28.9 Å². The number of carbonyl (C=O) groups is 2. The van der Waals surface area contributed by atoms with E-state index in [1.54, 1.807) is 34.9 Å².